The van der Waals surface area contributed by atoms with Crippen molar-refractivity contribution >= 4 is 17.5 Å². The lowest BCUT2D eigenvalue weighted by atomic mass is 10.1. The largest absolute Gasteiger partial charge is 0.383 e. The topological polar surface area (TPSA) is 49.4 Å². The van der Waals surface area contributed by atoms with E-state index in [0.717, 1.165) is 23.4 Å². The third-order valence-electron chi connectivity index (χ3n) is 3.31. The lowest BCUT2D eigenvalue weighted by Gasteiger charge is -2.14. The molecule has 0 spiro atoms. The molecule has 0 radical (unpaired) electrons. The van der Waals surface area contributed by atoms with Gasteiger partial charge in [-0.05, 0) is 38.0 Å². The minimum absolute atomic E-state index is 0.230. The molecule has 0 aromatic heterocycles. The number of carbonyl (C=O) groups is 2. The summed E-state index contributed by atoms with van der Waals surface area (Å²) < 4.78 is 0. The molecule has 2 rings (SSSR count). The van der Waals surface area contributed by atoms with Crippen LogP contribution in [0.15, 0.2) is 30.9 Å². The van der Waals surface area contributed by atoms with Crippen LogP contribution in [0.3, 0.4) is 0 Å². The van der Waals surface area contributed by atoms with Gasteiger partial charge in [0, 0.05) is 18.8 Å². The molecule has 4 heteroatoms. The number of nitrogens with one attached hydrogen (secondary N) is 1. The third kappa shape index (κ3) is 2.52. The summed E-state index contributed by atoms with van der Waals surface area (Å²) >= 11 is 0. The highest BCUT2D eigenvalue weighted by atomic mass is 16.2. The van der Waals surface area contributed by atoms with Gasteiger partial charge < -0.3 is 5.32 Å². The number of hydrogen-bond donors (Lipinski definition) is 1. The van der Waals surface area contributed by atoms with Crippen molar-refractivity contribution in [2.75, 3.05) is 12.4 Å². The van der Waals surface area contributed by atoms with Crippen LogP contribution in [0.4, 0.5) is 5.69 Å². The molecule has 1 unspecified atom stereocenters. The molecule has 2 amide bonds. The van der Waals surface area contributed by atoms with Crippen molar-refractivity contribution < 1.29 is 9.59 Å². The van der Waals surface area contributed by atoms with E-state index >= 15 is 0 Å². The normalized spacial score (nSPS) is 15.4. The van der Waals surface area contributed by atoms with Gasteiger partial charge in [-0.1, -0.05) is 6.08 Å². The Morgan fingerprint density at radius 2 is 2.00 bits per heavy atom. The van der Waals surface area contributed by atoms with E-state index in [-0.39, 0.29) is 11.8 Å². The zero-order chi connectivity index (χ0) is 14.0. The third-order valence-corrected chi connectivity index (χ3v) is 3.31. The molecule has 1 aromatic rings. The Labute approximate surface area is 113 Å². The Morgan fingerprint density at radius 3 is 2.68 bits per heavy atom. The molecule has 1 atom stereocenters. The maximum absolute atomic E-state index is 11.9. The van der Waals surface area contributed by atoms with Crippen LogP contribution in [0, 0.1) is 0 Å². The van der Waals surface area contributed by atoms with Crippen LogP contribution in [0.25, 0.3) is 0 Å². The molecule has 100 valence electrons. The molecule has 1 aliphatic heterocycles. The Morgan fingerprint density at radius 1 is 1.32 bits per heavy atom. The fourth-order valence-electron chi connectivity index (χ4n) is 2.18. The summed E-state index contributed by atoms with van der Waals surface area (Å²) in [5.74, 6) is -0.464. The molecule has 0 aliphatic carbocycles. The van der Waals surface area contributed by atoms with Gasteiger partial charge in [0.15, 0.2) is 0 Å². The van der Waals surface area contributed by atoms with Crippen molar-refractivity contribution in [2.45, 2.75) is 25.8 Å². The van der Waals surface area contributed by atoms with E-state index < -0.39 is 0 Å². The highest BCUT2D eigenvalue weighted by molar-refractivity contribution is 6.21. The van der Waals surface area contributed by atoms with Crippen molar-refractivity contribution in [1.82, 2.24) is 4.90 Å². The quantitative estimate of drug-likeness (QED) is 0.652. The van der Waals surface area contributed by atoms with E-state index in [1.54, 1.807) is 12.1 Å². The molecule has 0 fully saturated rings. The van der Waals surface area contributed by atoms with Gasteiger partial charge in [-0.2, -0.15) is 0 Å². The Balaban J connectivity index is 2.17. The molecule has 0 saturated heterocycles. The van der Waals surface area contributed by atoms with Gasteiger partial charge in [-0.15, -0.1) is 6.58 Å². The predicted octanol–water partition coefficient (Wildman–Crippen LogP) is 2.68. The van der Waals surface area contributed by atoms with Crippen LogP contribution in [-0.4, -0.2) is 29.8 Å². The van der Waals surface area contributed by atoms with Gasteiger partial charge in [0.05, 0.1) is 11.1 Å². The van der Waals surface area contributed by atoms with Crippen LogP contribution in [0.5, 0.6) is 0 Å². The molecular formula is C15H18N2O2. The van der Waals surface area contributed by atoms with Gasteiger partial charge >= 0.3 is 0 Å². The summed E-state index contributed by atoms with van der Waals surface area (Å²) in [4.78, 5) is 24.8. The first-order chi connectivity index (χ1) is 9.04. The maximum atomic E-state index is 11.9. The summed E-state index contributed by atoms with van der Waals surface area (Å²) in [5.41, 5.74) is 1.83. The number of amides is 2. The van der Waals surface area contributed by atoms with Crippen molar-refractivity contribution in [3.05, 3.63) is 42.0 Å². The maximum Gasteiger partial charge on any atom is 0.261 e. The lowest BCUT2D eigenvalue weighted by Crippen LogP contribution is -2.24. The molecule has 1 N–H and O–H groups in total. The van der Waals surface area contributed by atoms with Crippen LogP contribution < -0.4 is 5.32 Å². The van der Waals surface area contributed by atoms with Crippen LogP contribution in [-0.2, 0) is 0 Å². The van der Waals surface area contributed by atoms with E-state index in [1.165, 1.54) is 7.05 Å². The number of imide groups is 1. The standard InChI is InChI=1S/C15H18N2O2/c1-4-5-6-10(2)16-11-7-8-12-13(9-11)15(19)17(3)14(12)18/h4,7-10,16H,1,5-6H2,2-3H3. The number of anilines is 1. The number of fused-ring (bicyclic) bond motifs is 1. The summed E-state index contributed by atoms with van der Waals surface area (Å²) in [5, 5.41) is 3.33. The Kier molecular flexibility index (Phi) is 3.69. The number of rotatable bonds is 5. The molecule has 1 aliphatic rings. The first-order valence-corrected chi connectivity index (χ1v) is 6.38. The van der Waals surface area contributed by atoms with Crippen molar-refractivity contribution in [2.24, 2.45) is 0 Å². The highest BCUT2D eigenvalue weighted by Gasteiger charge is 2.32. The summed E-state index contributed by atoms with van der Waals surface area (Å²) in [7, 11) is 1.50. The minimum Gasteiger partial charge on any atom is -0.383 e. The summed E-state index contributed by atoms with van der Waals surface area (Å²) in [6.45, 7) is 5.78. The zero-order valence-electron chi connectivity index (χ0n) is 11.3. The molecule has 0 bridgehead atoms. The first kappa shape index (κ1) is 13.3. The zero-order valence-corrected chi connectivity index (χ0v) is 11.3. The Bertz CT molecular complexity index is 537. The summed E-state index contributed by atoms with van der Waals surface area (Å²) in [6, 6.07) is 5.60. The van der Waals surface area contributed by atoms with Crippen molar-refractivity contribution in [3.63, 3.8) is 0 Å². The average Bonchev–Trinajstić information content (AvgIpc) is 2.61. The van der Waals surface area contributed by atoms with E-state index in [4.69, 9.17) is 0 Å². The number of carbonyl (C=O) groups excluding carboxylic acids is 2. The number of allylic oxidation sites excluding steroid dienone is 1. The fraction of sp³-hybridized carbons (Fsp3) is 0.333. The molecule has 1 heterocycles. The molecule has 4 nitrogen and oxygen atoms in total. The van der Waals surface area contributed by atoms with Gasteiger partial charge in [0.25, 0.3) is 11.8 Å². The smallest absolute Gasteiger partial charge is 0.261 e. The van der Waals surface area contributed by atoms with Gasteiger partial charge in [-0.25, -0.2) is 0 Å². The van der Waals surface area contributed by atoms with Crippen LogP contribution in [0.2, 0.25) is 0 Å². The van der Waals surface area contributed by atoms with Gasteiger partial charge in [0.1, 0.15) is 0 Å². The van der Waals surface area contributed by atoms with Crippen molar-refractivity contribution in [1.29, 1.82) is 0 Å². The van der Waals surface area contributed by atoms with Gasteiger partial charge in [-0.3, -0.25) is 14.5 Å². The van der Waals surface area contributed by atoms with Gasteiger partial charge in [0.2, 0.25) is 0 Å². The molecule has 1 aromatic carbocycles. The predicted molar refractivity (Wildman–Crippen MR) is 75.4 cm³/mol. The van der Waals surface area contributed by atoms with E-state index in [9.17, 15) is 9.59 Å². The number of benzene rings is 1. The Hall–Kier alpha value is -2.10. The number of hydrogen-bond acceptors (Lipinski definition) is 3. The van der Waals surface area contributed by atoms with Crippen molar-refractivity contribution in [3.8, 4) is 0 Å². The molecular weight excluding hydrogens is 240 g/mol. The first-order valence-electron chi connectivity index (χ1n) is 6.38. The molecule has 0 saturated carbocycles. The monoisotopic (exact) mass is 258 g/mol. The number of nitrogens with zero attached hydrogens (tertiary/aromatic N) is 1. The second-order valence-corrected chi connectivity index (χ2v) is 4.84. The average molecular weight is 258 g/mol. The fourth-order valence-corrected chi connectivity index (χ4v) is 2.18. The van der Waals surface area contributed by atoms with E-state index in [0.29, 0.717) is 17.2 Å². The SMILES string of the molecule is C=CCCC(C)Nc1ccc2c(c1)C(=O)N(C)C2=O. The second-order valence-electron chi connectivity index (χ2n) is 4.84. The molecule has 19 heavy (non-hydrogen) atoms. The van der Waals surface area contributed by atoms with E-state index in [2.05, 4.69) is 18.8 Å². The van der Waals surface area contributed by atoms with E-state index in [1.807, 2.05) is 12.1 Å². The highest BCUT2D eigenvalue weighted by Crippen LogP contribution is 2.25. The second kappa shape index (κ2) is 5.26. The van der Waals surface area contributed by atoms with Crippen LogP contribution in [0.1, 0.15) is 40.5 Å². The summed E-state index contributed by atoms with van der Waals surface area (Å²) in [6.07, 6.45) is 3.81. The minimum atomic E-state index is -0.234. The lowest BCUT2D eigenvalue weighted by molar-refractivity contribution is 0.0693. The van der Waals surface area contributed by atoms with Crippen LogP contribution >= 0.6 is 0 Å².